The van der Waals surface area contributed by atoms with Crippen LogP contribution in [-0.2, 0) is 4.79 Å². The topological polar surface area (TPSA) is 29.1 Å². The maximum atomic E-state index is 10.9. The second-order valence-electron chi connectivity index (χ2n) is 4.86. The smallest absolute Gasteiger partial charge is 0.243 e. The van der Waals surface area contributed by atoms with Gasteiger partial charge in [-0.1, -0.05) is 13.5 Å². The molecular weight excluding hydrogens is 176 g/mol. The number of hydrogen-bond donors (Lipinski definition) is 1. The molecule has 3 nitrogen and oxygen atoms in total. The first-order chi connectivity index (χ1) is 6.35. The van der Waals surface area contributed by atoms with Crippen LogP contribution in [0.5, 0.6) is 0 Å². The molecule has 0 aromatic heterocycles. The van der Waals surface area contributed by atoms with Gasteiger partial charge in [-0.15, -0.1) is 0 Å². The van der Waals surface area contributed by atoms with E-state index in [9.17, 15) is 4.79 Å². The van der Waals surface area contributed by atoms with Gasteiger partial charge in [0.05, 0.1) is 27.7 Å². The van der Waals surface area contributed by atoms with Gasteiger partial charge in [0.1, 0.15) is 0 Å². The van der Waals surface area contributed by atoms with Crippen LogP contribution in [-0.4, -0.2) is 44.6 Å². The van der Waals surface area contributed by atoms with E-state index >= 15 is 0 Å². The summed E-state index contributed by atoms with van der Waals surface area (Å²) in [6, 6.07) is 0. The molecule has 14 heavy (non-hydrogen) atoms. The van der Waals surface area contributed by atoms with Crippen molar-refractivity contribution in [3.05, 3.63) is 12.7 Å². The molecule has 0 aromatic rings. The summed E-state index contributed by atoms with van der Waals surface area (Å²) >= 11 is 0. The van der Waals surface area contributed by atoms with E-state index in [-0.39, 0.29) is 5.91 Å². The fourth-order valence-electron chi connectivity index (χ4n) is 1.06. The summed E-state index contributed by atoms with van der Waals surface area (Å²) in [4.78, 5) is 10.9. The Labute approximate surface area is 87.4 Å². The van der Waals surface area contributed by atoms with Crippen molar-refractivity contribution in [2.45, 2.75) is 13.3 Å². The molecule has 0 heterocycles. The predicted molar refractivity (Wildman–Crippen MR) is 59.9 cm³/mol. The Morgan fingerprint density at radius 3 is 2.50 bits per heavy atom. The third-order valence-electron chi connectivity index (χ3n) is 2.10. The van der Waals surface area contributed by atoms with E-state index < -0.39 is 0 Å². The highest BCUT2D eigenvalue weighted by Crippen LogP contribution is 2.03. The van der Waals surface area contributed by atoms with Crippen molar-refractivity contribution in [1.29, 1.82) is 0 Å². The lowest BCUT2D eigenvalue weighted by Gasteiger charge is -2.25. The standard InChI is InChI=1S/C11H22N2O/c1-6-11(14)12-9-10(2)7-8-13(3,4)5/h6,10H,1,7-9H2,2-5H3/p+1. The van der Waals surface area contributed by atoms with Crippen LogP contribution in [0.4, 0.5) is 0 Å². The SMILES string of the molecule is C=CC(=O)NCC(C)CC[N+](C)(C)C. The summed E-state index contributed by atoms with van der Waals surface area (Å²) in [6.07, 6.45) is 2.44. The molecule has 0 aliphatic rings. The van der Waals surface area contributed by atoms with Gasteiger partial charge in [-0.3, -0.25) is 4.79 Å². The Balaban J connectivity index is 3.61. The van der Waals surface area contributed by atoms with Crippen LogP contribution in [0.1, 0.15) is 13.3 Å². The van der Waals surface area contributed by atoms with Crippen molar-refractivity contribution in [1.82, 2.24) is 5.32 Å². The normalized spacial score (nSPS) is 13.4. The molecule has 0 saturated carbocycles. The van der Waals surface area contributed by atoms with Crippen molar-refractivity contribution in [2.75, 3.05) is 34.2 Å². The zero-order valence-electron chi connectivity index (χ0n) is 9.84. The van der Waals surface area contributed by atoms with Gasteiger partial charge in [-0.25, -0.2) is 0 Å². The molecular formula is C11H23N2O+. The summed E-state index contributed by atoms with van der Waals surface area (Å²) in [5, 5.41) is 2.80. The average molecular weight is 199 g/mol. The van der Waals surface area contributed by atoms with Crippen LogP contribution >= 0.6 is 0 Å². The second-order valence-corrected chi connectivity index (χ2v) is 4.86. The zero-order valence-corrected chi connectivity index (χ0v) is 9.84. The molecule has 1 amide bonds. The lowest BCUT2D eigenvalue weighted by molar-refractivity contribution is -0.870. The predicted octanol–water partition coefficient (Wildman–Crippen LogP) is 1.02. The van der Waals surface area contributed by atoms with Crippen molar-refractivity contribution in [3.63, 3.8) is 0 Å². The van der Waals surface area contributed by atoms with E-state index in [1.807, 2.05) is 0 Å². The lowest BCUT2D eigenvalue weighted by atomic mass is 10.1. The minimum Gasteiger partial charge on any atom is -0.352 e. The highest BCUT2D eigenvalue weighted by Gasteiger charge is 2.10. The van der Waals surface area contributed by atoms with Crippen LogP contribution in [0.25, 0.3) is 0 Å². The molecule has 0 bridgehead atoms. The number of carbonyl (C=O) groups excluding carboxylic acids is 1. The Kier molecular flexibility index (Phi) is 5.46. The first kappa shape index (κ1) is 13.2. The number of rotatable bonds is 6. The monoisotopic (exact) mass is 199 g/mol. The van der Waals surface area contributed by atoms with Crippen LogP contribution in [0.2, 0.25) is 0 Å². The third-order valence-corrected chi connectivity index (χ3v) is 2.10. The van der Waals surface area contributed by atoms with Crippen molar-refractivity contribution in [3.8, 4) is 0 Å². The molecule has 0 aliphatic carbocycles. The fourth-order valence-corrected chi connectivity index (χ4v) is 1.06. The number of hydrogen-bond acceptors (Lipinski definition) is 1. The average Bonchev–Trinajstić information content (AvgIpc) is 2.09. The molecule has 0 radical (unpaired) electrons. The summed E-state index contributed by atoms with van der Waals surface area (Å²) < 4.78 is 0.972. The number of nitrogens with zero attached hydrogens (tertiary/aromatic N) is 1. The largest absolute Gasteiger partial charge is 0.352 e. The molecule has 0 aliphatic heterocycles. The molecule has 0 spiro atoms. The Hall–Kier alpha value is -0.830. The number of carbonyl (C=O) groups is 1. The summed E-state index contributed by atoms with van der Waals surface area (Å²) in [7, 11) is 6.53. The maximum absolute atomic E-state index is 10.9. The Bertz CT molecular complexity index is 194. The first-order valence-electron chi connectivity index (χ1n) is 5.06. The molecule has 3 heteroatoms. The van der Waals surface area contributed by atoms with E-state index in [2.05, 4.69) is 40.0 Å². The van der Waals surface area contributed by atoms with E-state index in [0.29, 0.717) is 5.92 Å². The van der Waals surface area contributed by atoms with Gasteiger partial charge in [0.2, 0.25) is 5.91 Å². The van der Waals surface area contributed by atoms with Crippen molar-refractivity contribution < 1.29 is 9.28 Å². The van der Waals surface area contributed by atoms with Gasteiger partial charge in [0.25, 0.3) is 0 Å². The van der Waals surface area contributed by atoms with Crippen molar-refractivity contribution in [2.24, 2.45) is 5.92 Å². The number of nitrogens with one attached hydrogen (secondary N) is 1. The first-order valence-corrected chi connectivity index (χ1v) is 5.06. The van der Waals surface area contributed by atoms with Crippen LogP contribution in [0.3, 0.4) is 0 Å². The molecule has 0 rings (SSSR count). The summed E-state index contributed by atoms with van der Waals surface area (Å²) in [5.74, 6) is 0.443. The van der Waals surface area contributed by atoms with E-state index in [4.69, 9.17) is 0 Å². The quantitative estimate of drug-likeness (QED) is 0.502. The van der Waals surface area contributed by atoms with Crippen LogP contribution in [0, 0.1) is 5.92 Å². The molecule has 1 N–H and O–H groups in total. The van der Waals surface area contributed by atoms with Crippen molar-refractivity contribution >= 4 is 5.91 Å². The molecule has 0 fully saturated rings. The molecule has 82 valence electrons. The van der Waals surface area contributed by atoms with Crippen LogP contribution < -0.4 is 5.32 Å². The van der Waals surface area contributed by atoms with Gasteiger partial charge < -0.3 is 9.80 Å². The van der Waals surface area contributed by atoms with Gasteiger partial charge in [-0.05, 0) is 12.0 Å². The molecule has 1 unspecified atom stereocenters. The Morgan fingerprint density at radius 2 is 2.07 bits per heavy atom. The van der Waals surface area contributed by atoms with Gasteiger partial charge in [0, 0.05) is 13.0 Å². The van der Waals surface area contributed by atoms with Gasteiger partial charge in [-0.2, -0.15) is 0 Å². The summed E-state index contributed by atoms with van der Waals surface area (Å²) in [6.45, 7) is 7.43. The highest BCUT2D eigenvalue weighted by atomic mass is 16.1. The van der Waals surface area contributed by atoms with Crippen LogP contribution in [0.15, 0.2) is 12.7 Å². The summed E-state index contributed by atoms with van der Waals surface area (Å²) in [5.41, 5.74) is 0. The lowest BCUT2D eigenvalue weighted by Crippen LogP contribution is -2.37. The Morgan fingerprint density at radius 1 is 1.50 bits per heavy atom. The fraction of sp³-hybridized carbons (Fsp3) is 0.727. The van der Waals surface area contributed by atoms with Gasteiger partial charge in [0.15, 0.2) is 0 Å². The van der Waals surface area contributed by atoms with E-state index in [1.165, 1.54) is 6.08 Å². The molecule has 1 atom stereocenters. The third kappa shape index (κ3) is 7.80. The molecule has 0 aromatic carbocycles. The second kappa shape index (κ2) is 5.81. The van der Waals surface area contributed by atoms with E-state index in [0.717, 1.165) is 24.0 Å². The molecule has 0 saturated heterocycles. The zero-order chi connectivity index (χ0) is 11.2. The highest BCUT2D eigenvalue weighted by molar-refractivity contribution is 5.86. The minimum absolute atomic E-state index is 0.0814. The van der Waals surface area contributed by atoms with Gasteiger partial charge >= 0.3 is 0 Å². The maximum Gasteiger partial charge on any atom is 0.243 e. The minimum atomic E-state index is -0.0814. The number of quaternary nitrogens is 1. The number of amides is 1. The van der Waals surface area contributed by atoms with E-state index in [1.54, 1.807) is 0 Å².